The Kier molecular flexibility index (Phi) is 4.55. The second-order valence-electron chi connectivity index (χ2n) is 7.62. The number of benzene rings is 1. The van der Waals surface area contributed by atoms with E-state index in [1.807, 2.05) is 0 Å². The van der Waals surface area contributed by atoms with E-state index < -0.39 is 21.9 Å². The molecular weight excluding hydrogens is 384 g/mol. The smallest absolute Gasteiger partial charge is 0.233 e. The van der Waals surface area contributed by atoms with Crippen LogP contribution in [0.5, 0.6) is 0 Å². The molecule has 2 aromatic rings. The van der Waals surface area contributed by atoms with Gasteiger partial charge >= 0.3 is 0 Å². The van der Waals surface area contributed by atoms with Crippen LogP contribution in [-0.4, -0.2) is 25.8 Å². The summed E-state index contributed by atoms with van der Waals surface area (Å²) in [6.45, 7) is 3.18. The minimum atomic E-state index is -3.33. The minimum Gasteiger partial charge on any atom is -0.383 e. The summed E-state index contributed by atoms with van der Waals surface area (Å²) in [5, 5.41) is 29.8. The zero-order chi connectivity index (χ0) is 19.4. The van der Waals surface area contributed by atoms with Gasteiger partial charge in [0.15, 0.2) is 0 Å². The number of aliphatic hydroxyl groups is 2. The summed E-state index contributed by atoms with van der Waals surface area (Å²) in [4.78, 5) is 4.07. The molecule has 1 aromatic heterocycles. The van der Waals surface area contributed by atoms with E-state index in [0.29, 0.717) is 5.01 Å². The number of nitrogens with two attached hydrogens (primary N) is 1. The van der Waals surface area contributed by atoms with E-state index in [4.69, 9.17) is 5.14 Å². The third kappa shape index (κ3) is 3.50. The van der Waals surface area contributed by atoms with Gasteiger partial charge in [0.05, 0.1) is 6.20 Å². The largest absolute Gasteiger partial charge is 0.383 e. The fourth-order valence-electron chi connectivity index (χ4n) is 3.65. The maximum Gasteiger partial charge on any atom is 0.233 e. The van der Waals surface area contributed by atoms with Gasteiger partial charge < -0.3 is 15.5 Å². The molecule has 0 saturated heterocycles. The molecule has 2 aliphatic carbocycles. The van der Waals surface area contributed by atoms with Crippen molar-refractivity contribution in [3.05, 3.63) is 39.5 Å². The lowest BCUT2D eigenvalue weighted by Gasteiger charge is -2.27. The van der Waals surface area contributed by atoms with Crippen LogP contribution in [0.15, 0.2) is 20.8 Å². The zero-order valence-electron chi connectivity index (χ0n) is 15.4. The van der Waals surface area contributed by atoms with Crippen molar-refractivity contribution in [2.24, 2.45) is 9.50 Å². The molecule has 0 spiro atoms. The number of aliphatic hydroxyl groups excluding tert-OH is 1. The van der Waals surface area contributed by atoms with Crippen molar-refractivity contribution >= 4 is 26.9 Å². The molecule has 0 bridgehead atoms. The van der Waals surface area contributed by atoms with Crippen LogP contribution in [-0.2, 0) is 41.2 Å². The van der Waals surface area contributed by atoms with Crippen molar-refractivity contribution in [3.8, 4) is 0 Å². The Balaban J connectivity index is 1.62. The molecular formula is C18H24N4O3S2. The maximum atomic E-state index is 12.8. The molecule has 0 radical (unpaired) electrons. The number of nitrogens with one attached hydrogen (secondary N) is 1. The SMILES string of the molecule is CC(C)(O)c1ncc([S@@](N)(=O)=NC(O)Nc2c3c(cc4c2CC4)CCC3)s1. The Morgan fingerprint density at radius 2 is 2.00 bits per heavy atom. The van der Waals surface area contributed by atoms with Gasteiger partial charge in [-0.05, 0) is 68.2 Å². The molecule has 0 amide bonds. The van der Waals surface area contributed by atoms with Crippen molar-refractivity contribution in [1.82, 2.24) is 4.98 Å². The fourth-order valence-corrected chi connectivity index (χ4v) is 5.80. The van der Waals surface area contributed by atoms with E-state index in [-0.39, 0.29) is 4.21 Å². The molecule has 0 saturated carbocycles. The quantitative estimate of drug-likeness (QED) is 0.564. The first-order valence-corrected chi connectivity index (χ1v) is 11.4. The summed E-state index contributed by atoms with van der Waals surface area (Å²) in [5.74, 6) is 0. The van der Waals surface area contributed by atoms with Crippen molar-refractivity contribution in [1.29, 1.82) is 0 Å². The summed E-state index contributed by atoms with van der Waals surface area (Å²) in [7, 11) is -3.33. The molecule has 5 N–H and O–H groups in total. The van der Waals surface area contributed by atoms with E-state index in [2.05, 4.69) is 20.7 Å². The lowest BCUT2D eigenvalue weighted by atomic mass is 9.83. The monoisotopic (exact) mass is 408 g/mol. The second kappa shape index (κ2) is 6.52. The molecule has 2 aliphatic rings. The second-order valence-corrected chi connectivity index (χ2v) is 10.7. The number of aromatic nitrogens is 1. The Bertz CT molecular complexity index is 1020. The normalized spacial score (nSPS) is 18.9. The molecule has 9 heteroatoms. The van der Waals surface area contributed by atoms with Gasteiger partial charge in [-0.15, -0.1) is 11.3 Å². The van der Waals surface area contributed by atoms with E-state index >= 15 is 0 Å². The molecule has 4 rings (SSSR count). The van der Waals surface area contributed by atoms with E-state index in [1.165, 1.54) is 28.5 Å². The Labute approximate surface area is 163 Å². The maximum absolute atomic E-state index is 12.8. The van der Waals surface area contributed by atoms with Gasteiger partial charge in [-0.2, -0.15) is 4.36 Å². The average Bonchev–Trinajstić information content (AvgIpc) is 3.18. The molecule has 1 heterocycles. The molecule has 0 aliphatic heterocycles. The first-order chi connectivity index (χ1) is 12.6. The molecule has 1 unspecified atom stereocenters. The Morgan fingerprint density at radius 3 is 2.63 bits per heavy atom. The number of fused-ring (bicyclic) bond motifs is 2. The van der Waals surface area contributed by atoms with Crippen LogP contribution in [0.25, 0.3) is 0 Å². The van der Waals surface area contributed by atoms with Crippen LogP contribution < -0.4 is 10.5 Å². The van der Waals surface area contributed by atoms with Gasteiger partial charge in [-0.3, -0.25) is 0 Å². The first kappa shape index (κ1) is 18.8. The summed E-state index contributed by atoms with van der Waals surface area (Å²) in [6.07, 6.45) is 5.13. The van der Waals surface area contributed by atoms with Crippen molar-refractivity contribution < 1.29 is 14.4 Å². The topological polar surface area (TPSA) is 121 Å². The summed E-state index contributed by atoms with van der Waals surface area (Å²) >= 11 is 1.04. The van der Waals surface area contributed by atoms with E-state index in [1.54, 1.807) is 13.8 Å². The summed E-state index contributed by atoms with van der Waals surface area (Å²) in [5.41, 5.74) is 4.87. The van der Waals surface area contributed by atoms with Gasteiger partial charge in [0.2, 0.25) is 6.35 Å². The lowest BCUT2D eigenvalue weighted by Crippen LogP contribution is -2.25. The van der Waals surface area contributed by atoms with Crippen molar-refractivity contribution in [2.75, 3.05) is 5.32 Å². The number of anilines is 1. The van der Waals surface area contributed by atoms with Crippen LogP contribution in [0.4, 0.5) is 5.69 Å². The van der Waals surface area contributed by atoms with Gasteiger partial charge in [0.25, 0.3) is 0 Å². The van der Waals surface area contributed by atoms with Gasteiger partial charge in [0, 0.05) is 5.69 Å². The predicted octanol–water partition coefficient (Wildman–Crippen LogP) is 2.05. The van der Waals surface area contributed by atoms with Gasteiger partial charge in [-0.1, -0.05) is 6.07 Å². The zero-order valence-corrected chi connectivity index (χ0v) is 17.0. The number of hydrogen-bond acceptors (Lipinski definition) is 7. The van der Waals surface area contributed by atoms with Crippen LogP contribution in [0.3, 0.4) is 0 Å². The highest BCUT2D eigenvalue weighted by molar-refractivity contribution is 7.93. The van der Waals surface area contributed by atoms with Gasteiger partial charge in [0.1, 0.15) is 24.7 Å². The van der Waals surface area contributed by atoms with Crippen LogP contribution in [0.2, 0.25) is 0 Å². The number of rotatable bonds is 5. The average molecular weight is 409 g/mol. The highest BCUT2D eigenvalue weighted by Crippen LogP contribution is 2.40. The minimum absolute atomic E-state index is 0.228. The van der Waals surface area contributed by atoms with Gasteiger partial charge in [-0.25, -0.2) is 14.3 Å². The Morgan fingerprint density at radius 1 is 1.30 bits per heavy atom. The molecule has 27 heavy (non-hydrogen) atoms. The summed E-state index contributed by atoms with van der Waals surface area (Å²) < 4.78 is 17.0. The number of aryl methyl sites for hydroxylation is 2. The molecule has 0 fully saturated rings. The third-order valence-electron chi connectivity index (χ3n) is 5.07. The highest BCUT2D eigenvalue weighted by Gasteiger charge is 2.27. The van der Waals surface area contributed by atoms with E-state index in [0.717, 1.165) is 49.1 Å². The van der Waals surface area contributed by atoms with Crippen LogP contribution in [0, 0.1) is 0 Å². The van der Waals surface area contributed by atoms with Crippen LogP contribution in [0.1, 0.15) is 47.5 Å². The lowest BCUT2D eigenvalue weighted by molar-refractivity contribution is 0.0783. The fraction of sp³-hybridized carbons (Fsp3) is 0.500. The predicted molar refractivity (Wildman–Crippen MR) is 106 cm³/mol. The number of hydrogen-bond donors (Lipinski definition) is 4. The summed E-state index contributed by atoms with van der Waals surface area (Å²) in [6, 6.07) is 2.28. The van der Waals surface area contributed by atoms with E-state index in [9.17, 15) is 14.4 Å². The number of nitrogens with zero attached hydrogens (tertiary/aromatic N) is 2. The third-order valence-corrected chi connectivity index (χ3v) is 8.34. The molecule has 146 valence electrons. The van der Waals surface area contributed by atoms with Crippen LogP contribution >= 0.6 is 11.3 Å². The van der Waals surface area contributed by atoms with Crippen molar-refractivity contribution in [2.45, 2.75) is 62.1 Å². The molecule has 1 aromatic carbocycles. The standard InChI is InChI=1S/C18H24N4O3S2/c1-18(2,24)16-20-9-14(26-16)27(19,25)22-17(23)21-15-12-5-3-4-10(12)8-11-6-7-13(11)15/h8-9,17,21,23-24H,3-7H2,1-2H3,(H2,19,22,25)/t17?,27-/m0/s1. The first-order valence-electron chi connectivity index (χ1n) is 8.99. The van der Waals surface area contributed by atoms with Crippen molar-refractivity contribution in [3.63, 3.8) is 0 Å². The molecule has 2 atom stereocenters. The highest BCUT2D eigenvalue weighted by atomic mass is 32.2. The molecule has 7 nitrogen and oxygen atoms in total. The number of thiazole rings is 1. The Hall–Kier alpha value is -1.52.